The molecular formula is C30H26N4OS. The van der Waals surface area contributed by atoms with Crippen LogP contribution in [0.1, 0.15) is 11.3 Å². The number of hydrogen-bond acceptors (Lipinski definition) is 5. The number of aromatic nitrogens is 3. The minimum Gasteiger partial charge on any atom is -0.490 e. The minimum atomic E-state index is -0.110. The number of benzene rings is 3. The van der Waals surface area contributed by atoms with Crippen molar-refractivity contribution in [1.29, 1.82) is 0 Å². The number of nitrogens with two attached hydrogens (primary N) is 1. The van der Waals surface area contributed by atoms with Crippen molar-refractivity contribution in [3.05, 3.63) is 102 Å². The normalized spacial score (nSPS) is 12.3. The summed E-state index contributed by atoms with van der Waals surface area (Å²) < 4.78 is 7.40. The summed E-state index contributed by atoms with van der Waals surface area (Å²) in [5, 5.41) is 12.0. The van der Waals surface area contributed by atoms with E-state index >= 15 is 0 Å². The molecule has 0 fully saturated rings. The van der Waals surface area contributed by atoms with Gasteiger partial charge < -0.3 is 10.5 Å². The average Bonchev–Trinajstić information content (AvgIpc) is 3.51. The molecule has 6 aromatic rings. The van der Waals surface area contributed by atoms with Crippen LogP contribution < -0.4 is 10.5 Å². The first-order valence-electron chi connectivity index (χ1n) is 12.0. The standard InChI is InChI=1S/C30H26N4OS/c1-19-25-14-21(11-12-28(25)34-33-19)26-15-23(35-17-22(31)13-20-7-3-2-4-8-20)16-32-30(26)27-18-36-29-10-6-5-9-24(27)29/h2-12,14-16,18,22H,13,17,31H2,1H3,(H,33,34)/t22-/m0/s1. The second-order valence-electron chi connectivity index (χ2n) is 9.04. The first-order chi connectivity index (χ1) is 17.7. The topological polar surface area (TPSA) is 76.8 Å². The molecule has 0 saturated heterocycles. The Labute approximate surface area is 213 Å². The summed E-state index contributed by atoms with van der Waals surface area (Å²) in [6.45, 7) is 2.43. The maximum atomic E-state index is 6.38. The maximum Gasteiger partial charge on any atom is 0.138 e. The molecule has 3 N–H and O–H groups in total. The molecule has 0 aliphatic rings. The highest BCUT2D eigenvalue weighted by molar-refractivity contribution is 7.17. The van der Waals surface area contributed by atoms with E-state index in [9.17, 15) is 0 Å². The van der Waals surface area contributed by atoms with Crippen molar-refractivity contribution in [3.8, 4) is 28.1 Å². The van der Waals surface area contributed by atoms with Gasteiger partial charge >= 0.3 is 0 Å². The van der Waals surface area contributed by atoms with Crippen molar-refractivity contribution in [2.24, 2.45) is 5.73 Å². The molecule has 36 heavy (non-hydrogen) atoms. The zero-order chi connectivity index (χ0) is 24.5. The lowest BCUT2D eigenvalue weighted by Gasteiger charge is -2.15. The van der Waals surface area contributed by atoms with Crippen LogP contribution in [0.3, 0.4) is 0 Å². The predicted molar refractivity (Wildman–Crippen MR) is 148 cm³/mol. The van der Waals surface area contributed by atoms with Crippen LogP contribution >= 0.6 is 11.3 Å². The molecule has 0 bridgehead atoms. The van der Waals surface area contributed by atoms with Crippen LogP contribution in [0.4, 0.5) is 0 Å². The number of hydrogen-bond donors (Lipinski definition) is 2. The van der Waals surface area contributed by atoms with Gasteiger partial charge in [0.25, 0.3) is 0 Å². The lowest BCUT2D eigenvalue weighted by atomic mass is 9.97. The number of aryl methyl sites for hydroxylation is 1. The summed E-state index contributed by atoms with van der Waals surface area (Å²) in [5.41, 5.74) is 13.7. The van der Waals surface area contributed by atoms with Gasteiger partial charge in [-0.1, -0.05) is 54.6 Å². The Kier molecular flexibility index (Phi) is 5.97. The van der Waals surface area contributed by atoms with Crippen LogP contribution in [-0.4, -0.2) is 27.8 Å². The number of nitrogens with zero attached hydrogens (tertiary/aromatic N) is 2. The predicted octanol–water partition coefficient (Wildman–Crippen LogP) is 6.76. The average molecular weight is 491 g/mol. The van der Waals surface area contributed by atoms with E-state index < -0.39 is 0 Å². The third kappa shape index (κ3) is 4.37. The highest BCUT2D eigenvalue weighted by Crippen LogP contribution is 2.40. The Hall–Kier alpha value is -4.00. The molecule has 0 aliphatic carbocycles. The van der Waals surface area contributed by atoms with Gasteiger partial charge in [0.1, 0.15) is 12.4 Å². The number of pyridine rings is 1. The molecule has 178 valence electrons. The molecule has 6 rings (SSSR count). The molecule has 0 aliphatic heterocycles. The Bertz CT molecular complexity index is 1650. The molecule has 3 aromatic carbocycles. The highest BCUT2D eigenvalue weighted by atomic mass is 32.1. The van der Waals surface area contributed by atoms with Crippen molar-refractivity contribution in [2.75, 3.05) is 6.61 Å². The van der Waals surface area contributed by atoms with Crippen molar-refractivity contribution < 1.29 is 4.74 Å². The number of ether oxygens (including phenoxy) is 1. The van der Waals surface area contributed by atoms with E-state index in [-0.39, 0.29) is 6.04 Å². The smallest absolute Gasteiger partial charge is 0.138 e. The minimum absolute atomic E-state index is 0.110. The number of aromatic amines is 1. The molecule has 5 nitrogen and oxygen atoms in total. The third-order valence-corrected chi connectivity index (χ3v) is 7.43. The van der Waals surface area contributed by atoms with Gasteiger partial charge in [0.15, 0.2) is 0 Å². The summed E-state index contributed by atoms with van der Waals surface area (Å²) in [4.78, 5) is 4.92. The zero-order valence-corrected chi connectivity index (χ0v) is 20.8. The maximum absolute atomic E-state index is 6.38. The molecule has 3 heterocycles. The molecular weight excluding hydrogens is 464 g/mol. The number of thiophene rings is 1. The Balaban J connectivity index is 1.37. The van der Waals surface area contributed by atoms with Crippen LogP contribution in [0.25, 0.3) is 43.4 Å². The van der Waals surface area contributed by atoms with Gasteiger partial charge in [0.2, 0.25) is 0 Å². The first kappa shape index (κ1) is 22.5. The van der Waals surface area contributed by atoms with E-state index in [1.165, 1.54) is 15.6 Å². The summed E-state index contributed by atoms with van der Waals surface area (Å²) in [5.74, 6) is 0.709. The summed E-state index contributed by atoms with van der Waals surface area (Å²) >= 11 is 1.74. The Morgan fingerprint density at radius 1 is 0.944 bits per heavy atom. The van der Waals surface area contributed by atoms with Gasteiger partial charge in [-0.25, -0.2) is 0 Å². The van der Waals surface area contributed by atoms with Gasteiger partial charge in [-0.15, -0.1) is 11.3 Å². The fraction of sp³-hybridized carbons (Fsp3) is 0.133. The molecule has 0 amide bonds. The van der Waals surface area contributed by atoms with E-state index in [0.29, 0.717) is 12.4 Å². The Morgan fingerprint density at radius 3 is 2.67 bits per heavy atom. The summed E-state index contributed by atoms with van der Waals surface area (Å²) in [6.07, 6.45) is 2.57. The molecule has 3 aromatic heterocycles. The van der Waals surface area contributed by atoms with Gasteiger partial charge in [-0.05, 0) is 48.7 Å². The molecule has 6 heteroatoms. The summed E-state index contributed by atoms with van der Waals surface area (Å²) in [7, 11) is 0. The number of nitrogens with one attached hydrogen (secondary N) is 1. The SMILES string of the molecule is Cc1n[nH]c2ccc(-c3cc(OC[C@@H](N)Cc4ccccc4)cnc3-c3csc4ccccc34)cc12. The largest absolute Gasteiger partial charge is 0.490 e. The lowest BCUT2D eigenvalue weighted by molar-refractivity contribution is 0.287. The van der Waals surface area contributed by atoms with Crippen LogP contribution in [0.2, 0.25) is 0 Å². The number of H-pyrrole nitrogens is 1. The highest BCUT2D eigenvalue weighted by Gasteiger charge is 2.16. The second-order valence-corrected chi connectivity index (χ2v) is 9.95. The fourth-order valence-corrected chi connectivity index (χ4v) is 5.56. The van der Waals surface area contributed by atoms with Crippen LogP contribution in [0, 0.1) is 6.92 Å². The quantitative estimate of drug-likeness (QED) is 0.259. The summed E-state index contributed by atoms with van der Waals surface area (Å²) in [6, 6.07) is 27.0. The van der Waals surface area contributed by atoms with E-state index in [2.05, 4.69) is 76.2 Å². The van der Waals surface area contributed by atoms with Gasteiger partial charge in [0.05, 0.1) is 23.1 Å². The molecule has 0 unspecified atom stereocenters. The molecule has 0 radical (unpaired) electrons. The van der Waals surface area contributed by atoms with Gasteiger partial charge in [0, 0.05) is 38.0 Å². The number of fused-ring (bicyclic) bond motifs is 2. The van der Waals surface area contributed by atoms with Crippen molar-refractivity contribution in [1.82, 2.24) is 15.2 Å². The van der Waals surface area contributed by atoms with Crippen LogP contribution in [0.5, 0.6) is 5.75 Å². The Morgan fingerprint density at radius 2 is 1.78 bits per heavy atom. The molecule has 0 saturated carbocycles. The first-order valence-corrected chi connectivity index (χ1v) is 12.9. The number of rotatable bonds is 7. The second kappa shape index (κ2) is 9.57. The van der Waals surface area contributed by atoms with E-state index in [4.69, 9.17) is 15.5 Å². The van der Waals surface area contributed by atoms with Gasteiger partial charge in [-0.2, -0.15) is 5.10 Å². The van der Waals surface area contributed by atoms with Gasteiger partial charge in [-0.3, -0.25) is 10.1 Å². The van der Waals surface area contributed by atoms with Crippen molar-refractivity contribution in [2.45, 2.75) is 19.4 Å². The van der Waals surface area contributed by atoms with E-state index in [0.717, 1.165) is 45.4 Å². The van der Waals surface area contributed by atoms with Crippen molar-refractivity contribution >= 4 is 32.3 Å². The molecule has 1 atom stereocenters. The molecule has 0 spiro atoms. The van der Waals surface area contributed by atoms with Crippen molar-refractivity contribution in [3.63, 3.8) is 0 Å². The monoisotopic (exact) mass is 490 g/mol. The third-order valence-electron chi connectivity index (χ3n) is 6.47. The van der Waals surface area contributed by atoms with E-state index in [1.807, 2.05) is 31.3 Å². The lowest BCUT2D eigenvalue weighted by Crippen LogP contribution is -2.30. The van der Waals surface area contributed by atoms with Crippen LogP contribution in [-0.2, 0) is 6.42 Å². The zero-order valence-electron chi connectivity index (χ0n) is 19.9. The fourth-order valence-electron chi connectivity index (χ4n) is 4.61. The van der Waals surface area contributed by atoms with Crippen LogP contribution in [0.15, 0.2) is 90.4 Å². The van der Waals surface area contributed by atoms with E-state index in [1.54, 1.807) is 11.3 Å².